The van der Waals surface area contributed by atoms with Gasteiger partial charge in [-0.1, -0.05) is 154 Å². The maximum absolute atomic E-state index is 2.52. The average molecular weight is 640 g/mol. The second-order valence-corrected chi connectivity index (χ2v) is 17.5. The Kier molecular flexibility index (Phi) is 6.74. The van der Waals surface area contributed by atoms with E-state index in [0.717, 1.165) is 0 Å². The van der Waals surface area contributed by atoms with Crippen LogP contribution < -0.4 is 4.90 Å². The van der Waals surface area contributed by atoms with Crippen LogP contribution in [0.4, 0.5) is 17.1 Å². The maximum Gasteiger partial charge on any atom is 0.0543 e. The van der Waals surface area contributed by atoms with Gasteiger partial charge in [-0.25, -0.2) is 0 Å². The fourth-order valence-electron chi connectivity index (χ4n) is 8.84. The van der Waals surface area contributed by atoms with Crippen LogP contribution in [0.2, 0.25) is 0 Å². The highest BCUT2D eigenvalue weighted by atomic mass is 15.1. The van der Waals surface area contributed by atoms with Crippen molar-refractivity contribution < 1.29 is 0 Å². The van der Waals surface area contributed by atoms with Crippen LogP contribution in [0.15, 0.2) is 115 Å². The van der Waals surface area contributed by atoms with Crippen molar-refractivity contribution in [3.05, 3.63) is 149 Å². The smallest absolute Gasteiger partial charge is 0.0543 e. The zero-order valence-corrected chi connectivity index (χ0v) is 30.9. The van der Waals surface area contributed by atoms with E-state index in [1.165, 1.54) is 83.5 Å². The molecule has 0 spiro atoms. The van der Waals surface area contributed by atoms with E-state index in [4.69, 9.17) is 0 Å². The summed E-state index contributed by atoms with van der Waals surface area (Å²) in [4.78, 5) is 2.49. The van der Waals surface area contributed by atoms with E-state index in [0.29, 0.717) is 0 Å². The van der Waals surface area contributed by atoms with Gasteiger partial charge in [-0.15, -0.1) is 0 Å². The lowest BCUT2D eigenvalue weighted by molar-refractivity contribution is 0.590. The Balaban J connectivity index is 1.39. The second kappa shape index (κ2) is 10.4. The molecule has 2 aliphatic carbocycles. The van der Waals surface area contributed by atoms with Gasteiger partial charge in [-0.3, -0.25) is 0 Å². The van der Waals surface area contributed by atoms with Crippen molar-refractivity contribution in [3.8, 4) is 22.3 Å². The average Bonchev–Trinajstić information content (AvgIpc) is 3.44. The fraction of sp³-hybridized carbons (Fsp3) is 0.292. The van der Waals surface area contributed by atoms with Crippen molar-refractivity contribution in [1.29, 1.82) is 0 Å². The van der Waals surface area contributed by atoms with Crippen LogP contribution >= 0.6 is 0 Å². The summed E-state index contributed by atoms with van der Waals surface area (Å²) in [6, 6.07) is 43.9. The number of nitrogens with zero attached hydrogens (tertiary/aromatic N) is 1. The summed E-state index contributed by atoms with van der Waals surface area (Å²) >= 11 is 0. The van der Waals surface area contributed by atoms with Crippen LogP contribution in [-0.2, 0) is 21.7 Å². The quantitative estimate of drug-likeness (QED) is 0.186. The topological polar surface area (TPSA) is 3.24 Å². The largest absolute Gasteiger partial charge is 0.310 e. The van der Waals surface area contributed by atoms with Crippen LogP contribution in [0.25, 0.3) is 33.0 Å². The molecule has 2 aliphatic rings. The zero-order chi connectivity index (χ0) is 34.7. The van der Waals surface area contributed by atoms with Crippen LogP contribution in [0.5, 0.6) is 0 Å². The molecule has 0 fully saturated rings. The molecule has 0 saturated heterocycles. The summed E-state index contributed by atoms with van der Waals surface area (Å²) < 4.78 is 0. The van der Waals surface area contributed by atoms with E-state index in [1.807, 2.05) is 0 Å². The zero-order valence-electron chi connectivity index (χ0n) is 30.9. The molecule has 0 heterocycles. The molecule has 0 radical (unpaired) electrons. The van der Waals surface area contributed by atoms with Crippen molar-refractivity contribution in [2.24, 2.45) is 0 Å². The number of hydrogen-bond acceptors (Lipinski definition) is 1. The summed E-state index contributed by atoms with van der Waals surface area (Å²) in [5.74, 6) is 0. The monoisotopic (exact) mass is 639 g/mol. The van der Waals surface area contributed by atoms with Crippen LogP contribution in [0.3, 0.4) is 0 Å². The van der Waals surface area contributed by atoms with Crippen LogP contribution in [-0.4, -0.2) is 0 Å². The molecule has 0 saturated carbocycles. The summed E-state index contributed by atoms with van der Waals surface area (Å²) in [5.41, 5.74) is 17.5. The van der Waals surface area contributed by atoms with Crippen molar-refractivity contribution in [3.63, 3.8) is 0 Å². The molecule has 1 heteroatoms. The highest BCUT2D eigenvalue weighted by molar-refractivity contribution is 6.10. The predicted molar refractivity (Wildman–Crippen MR) is 211 cm³/mol. The molecule has 1 nitrogen and oxygen atoms in total. The molecule has 0 unspecified atom stereocenters. The normalized spacial score (nSPS) is 15.5. The molecule has 246 valence electrons. The van der Waals surface area contributed by atoms with Gasteiger partial charge in [0.2, 0.25) is 0 Å². The Morgan fingerprint density at radius 1 is 0.449 bits per heavy atom. The fourth-order valence-corrected chi connectivity index (χ4v) is 8.84. The summed E-state index contributed by atoms with van der Waals surface area (Å²) in [6.07, 6.45) is 0. The molecule has 0 amide bonds. The number of benzene rings is 6. The standard InChI is InChI=1S/C48H49N/c1-45(2,3)30-19-23-32(24-20-30)49(33-25-21-31(22-26-33)46(4,5)6)41-29-40-42(36-17-12-11-16-35(36)41)38-28-27-37-34-15-13-14-18-39(34)47(7,8)43(37)44(38)48(40,9)10/h11-29H,1-10H3. The molecule has 0 N–H and O–H groups in total. The van der Waals surface area contributed by atoms with Gasteiger partial charge in [-0.2, -0.15) is 0 Å². The molecule has 0 aromatic heterocycles. The van der Waals surface area contributed by atoms with Gasteiger partial charge in [0.1, 0.15) is 0 Å². The van der Waals surface area contributed by atoms with Gasteiger partial charge in [0.25, 0.3) is 0 Å². The first-order chi connectivity index (χ1) is 23.1. The minimum atomic E-state index is -0.189. The molecule has 8 rings (SSSR count). The Morgan fingerprint density at radius 2 is 0.918 bits per heavy atom. The minimum absolute atomic E-state index is 0.0785. The molecule has 0 atom stereocenters. The highest BCUT2D eigenvalue weighted by Crippen LogP contribution is 2.61. The third-order valence-electron chi connectivity index (χ3n) is 11.5. The van der Waals surface area contributed by atoms with Gasteiger partial charge in [0.05, 0.1) is 5.69 Å². The first kappa shape index (κ1) is 31.6. The Labute approximate surface area is 293 Å². The van der Waals surface area contributed by atoms with E-state index in [9.17, 15) is 0 Å². The number of fused-ring (bicyclic) bond motifs is 9. The number of anilines is 3. The van der Waals surface area contributed by atoms with Gasteiger partial charge < -0.3 is 4.90 Å². The minimum Gasteiger partial charge on any atom is -0.310 e. The van der Waals surface area contributed by atoms with E-state index in [1.54, 1.807) is 0 Å². The number of hydrogen-bond donors (Lipinski definition) is 0. The predicted octanol–water partition coefficient (Wildman–Crippen LogP) is 13.5. The first-order valence-corrected chi connectivity index (χ1v) is 18.0. The highest BCUT2D eigenvalue weighted by Gasteiger charge is 2.46. The van der Waals surface area contributed by atoms with E-state index < -0.39 is 0 Å². The number of rotatable bonds is 3. The molecule has 6 aromatic carbocycles. The van der Waals surface area contributed by atoms with Crippen molar-refractivity contribution >= 4 is 27.8 Å². The lowest BCUT2D eigenvalue weighted by atomic mass is 9.72. The second-order valence-electron chi connectivity index (χ2n) is 17.5. The van der Waals surface area contributed by atoms with E-state index >= 15 is 0 Å². The van der Waals surface area contributed by atoms with Crippen LogP contribution in [0.1, 0.15) is 103 Å². The molecule has 6 aromatic rings. The molecule has 0 aliphatic heterocycles. The molecular weight excluding hydrogens is 591 g/mol. The van der Waals surface area contributed by atoms with Gasteiger partial charge >= 0.3 is 0 Å². The lowest BCUT2D eigenvalue weighted by Gasteiger charge is -2.32. The lowest BCUT2D eigenvalue weighted by Crippen LogP contribution is -2.24. The Bertz CT molecular complexity index is 2210. The maximum atomic E-state index is 2.52. The summed E-state index contributed by atoms with van der Waals surface area (Å²) in [7, 11) is 0. The first-order valence-electron chi connectivity index (χ1n) is 18.0. The summed E-state index contributed by atoms with van der Waals surface area (Å²) in [6.45, 7) is 23.5. The SMILES string of the molecule is CC(C)(C)c1ccc(N(c2ccc(C(C)(C)C)cc2)c2cc3c(c4ccccc24)-c2ccc4c(c2C3(C)C)C(C)(C)c2ccccc2-4)cc1. The third-order valence-corrected chi connectivity index (χ3v) is 11.5. The molecule has 49 heavy (non-hydrogen) atoms. The Hall–Kier alpha value is -4.62. The molecule has 0 bridgehead atoms. The van der Waals surface area contributed by atoms with Gasteiger partial charge in [0, 0.05) is 27.6 Å². The van der Waals surface area contributed by atoms with E-state index in [-0.39, 0.29) is 21.7 Å². The van der Waals surface area contributed by atoms with Gasteiger partial charge in [0.15, 0.2) is 0 Å². The van der Waals surface area contributed by atoms with Crippen molar-refractivity contribution in [1.82, 2.24) is 0 Å². The van der Waals surface area contributed by atoms with E-state index in [2.05, 4.69) is 189 Å². The van der Waals surface area contributed by atoms with Crippen molar-refractivity contribution in [2.75, 3.05) is 4.90 Å². The molecular formula is C48H49N. The Morgan fingerprint density at radius 3 is 1.49 bits per heavy atom. The van der Waals surface area contributed by atoms with Crippen LogP contribution in [0, 0.1) is 0 Å². The van der Waals surface area contributed by atoms with Crippen molar-refractivity contribution in [2.45, 2.75) is 90.9 Å². The third kappa shape index (κ3) is 4.65. The summed E-state index contributed by atoms with van der Waals surface area (Å²) in [5, 5.41) is 2.59. The van der Waals surface area contributed by atoms with Gasteiger partial charge in [-0.05, 0) is 102 Å².